The Bertz CT molecular complexity index is 455. The number of hydrogen-bond donors (Lipinski definition) is 2. The Balaban J connectivity index is 2.47. The first-order valence-corrected chi connectivity index (χ1v) is 5.28. The fourth-order valence-electron chi connectivity index (χ4n) is 1.12. The molecule has 2 nitrogen and oxygen atoms in total. The quantitative estimate of drug-likeness (QED) is 0.614. The lowest BCUT2D eigenvalue weighted by atomic mass is 10.2. The molecule has 2 aromatic rings. The monoisotopic (exact) mass is 302 g/mol. The predicted molar refractivity (Wildman–Crippen MR) is 64.1 cm³/mol. The minimum Gasteiger partial charge on any atom is -0.337 e. The molecule has 0 radical (unpaired) electrons. The van der Waals surface area contributed by atoms with Crippen molar-refractivity contribution >= 4 is 34.8 Å². The van der Waals surface area contributed by atoms with E-state index in [1.807, 2.05) is 6.20 Å². The Morgan fingerprint density at radius 2 is 1.85 bits per heavy atom. The van der Waals surface area contributed by atoms with E-state index in [9.17, 15) is 0 Å². The first-order chi connectivity index (χ1) is 6.25. The van der Waals surface area contributed by atoms with Crippen LogP contribution in [0.25, 0.3) is 11.3 Å². The molecule has 13 heavy (non-hydrogen) atoms. The molecule has 0 aliphatic carbocycles. The van der Waals surface area contributed by atoms with Gasteiger partial charge in [0.2, 0.25) is 0 Å². The zero-order valence-electron chi connectivity index (χ0n) is 6.67. The molecule has 0 unspecified atom stereocenters. The maximum absolute atomic E-state index is 4.95. The van der Waals surface area contributed by atoms with Crippen molar-refractivity contribution in [1.82, 2.24) is 9.97 Å². The zero-order valence-corrected chi connectivity index (χ0v) is 9.65. The highest BCUT2D eigenvalue weighted by atomic mass is 127. The zero-order chi connectivity index (χ0) is 9.26. The molecular formula is C9H7IN2S. The highest BCUT2D eigenvalue weighted by Crippen LogP contribution is 2.17. The Labute approximate surface area is 94.5 Å². The SMILES string of the molecule is S=c1[nH]cc(-c2ccc(I)cc2)[nH]1. The van der Waals surface area contributed by atoms with Crippen molar-refractivity contribution in [2.75, 3.05) is 0 Å². The van der Waals surface area contributed by atoms with Crippen molar-refractivity contribution in [2.24, 2.45) is 0 Å². The van der Waals surface area contributed by atoms with E-state index in [-0.39, 0.29) is 0 Å². The van der Waals surface area contributed by atoms with Crippen LogP contribution in [0.2, 0.25) is 0 Å². The topological polar surface area (TPSA) is 31.6 Å². The van der Waals surface area contributed by atoms with Gasteiger partial charge in [0.05, 0.1) is 5.69 Å². The summed E-state index contributed by atoms with van der Waals surface area (Å²) in [4.78, 5) is 6.01. The fraction of sp³-hybridized carbons (Fsp3) is 0. The average molecular weight is 302 g/mol. The number of benzene rings is 1. The second kappa shape index (κ2) is 3.63. The van der Waals surface area contributed by atoms with Crippen LogP contribution in [0.5, 0.6) is 0 Å². The van der Waals surface area contributed by atoms with Gasteiger partial charge in [-0.25, -0.2) is 0 Å². The molecule has 0 bridgehead atoms. The molecule has 0 amide bonds. The van der Waals surface area contributed by atoms with Crippen LogP contribution in [0.3, 0.4) is 0 Å². The number of H-pyrrole nitrogens is 2. The molecule has 0 saturated carbocycles. The summed E-state index contributed by atoms with van der Waals surface area (Å²) in [6, 6.07) is 8.27. The van der Waals surface area contributed by atoms with Crippen LogP contribution >= 0.6 is 34.8 Å². The number of rotatable bonds is 1. The van der Waals surface area contributed by atoms with Gasteiger partial charge in [-0.05, 0) is 52.5 Å². The summed E-state index contributed by atoms with van der Waals surface area (Å²) in [5.74, 6) is 0. The van der Waals surface area contributed by atoms with E-state index in [0.29, 0.717) is 4.77 Å². The largest absolute Gasteiger partial charge is 0.337 e. The van der Waals surface area contributed by atoms with E-state index in [0.717, 1.165) is 11.3 Å². The second-order valence-electron chi connectivity index (χ2n) is 2.66. The third-order valence-corrected chi connectivity index (χ3v) is 2.69. The summed E-state index contributed by atoms with van der Waals surface area (Å²) in [6.07, 6.45) is 1.88. The van der Waals surface area contributed by atoms with Gasteiger partial charge in [0.1, 0.15) is 0 Å². The Kier molecular flexibility index (Phi) is 2.50. The van der Waals surface area contributed by atoms with E-state index in [4.69, 9.17) is 12.2 Å². The van der Waals surface area contributed by atoms with Crippen LogP contribution in [0.4, 0.5) is 0 Å². The summed E-state index contributed by atoms with van der Waals surface area (Å²) >= 11 is 7.23. The van der Waals surface area contributed by atoms with Crippen molar-refractivity contribution in [2.45, 2.75) is 0 Å². The molecule has 0 aliphatic rings. The number of halogens is 1. The van der Waals surface area contributed by atoms with Crippen molar-refractivity contribution in [3.8, 4) is 11.3 Å². The number of imidazole rings is 1. The van der Waals surface area contributed by atoms with Crippen molar-refractivity contribution in [1.29, 1.82) is 0 Å². The highest BCUT2D eigenvalue weighted by molar-refractivity contribution is 14.1. The van der Waals surface area contributed by atoms with Gasteiger partial charge in [-0.15, -0.1) is 0 Å². The van der Waals surface area contributed by atoms with Gasteiger partial charge in [0.15, 0.2) is 4.77 Å². The standard InChI is InChI=1S/C9H7IN2S/c10-7-3-1-6(2-4-7)8-5-11-9(13)12-8/h1-5H,(H2,11,12,13). The normalized spacial score (nSPS) is 10.2. The van der Waals surface area contributed by atoms with Crippen LogP contribution in [-0.4, -0.2) is 9.97 Å². The Morgan fingerprint density at radius 1 is 1.15 bits per heavy atom. The number of aromatic amines is 2. The highest BCUT2D eigenvalue weighted by Gasteiger charge is 1.97. The van der Waals surface area contributed by atoms with Gasteiger partial charge in [0, 0.05) is 9.77 Å². The first kappa shape index (κ1) is 8.96. The van der Waals surface area contributed by atoms with Gasteiger partial charge in [-0.2, -0.15) is 0 Å². The Morgan fingerprint density at radius 3 is 2.38 bits per heavy atom. The molecule has 0 aliphatic heterocycles. The minimum absolute atomic E-state index is 0.661. The summed E-state index contributed by atoms with van der Waals surface area (Å²) in [6.45, 7) is 0. The van der Waals surface area contributed by atoms with Gasteiger partial charge in [-0.1, -0.05) is 12.1 Å². The number of nitrogens with one attached hydrogen (secondary N) is 2. The lowest BCUT2D eigenvalue weighted by Gasteiger charge is -1.96. The predicted octanol–water partition coefficient (Wildman–Crippen LogP) is 3.34. The van der Waals surface area contributed by atoms with E-state index in [2.05, 4.69) is 56.8 Å². The van der Waals surface area contributed by atoms with Gasteiger partial charge >= 0.3 is 0 Å². The molecule has 0 spiro atoms. The lowest BCUT2D eigenvalue weighted by molar-refractivity contribution is 1.27. The molecule has 1 heterocycles. The maximum atomic E-state index is 4.95. The molecule has 66 valence electrons. The molecule has 4 heteroatoms. The Hall–Kier alpha value is -0.620. The number of aromatic nitrogens is 2. The van der Waals surface area contributed by atoms with Gasteiger partial charge in [0.25, 0.3) is 0 Å². The molecule has 1 aromatic heterocycles. The van der Waals surface area contributed by atoms with Crippen LogP contribution in [-0.2, 0) is 0 Å². The summed E-state index contributed by atoms with van der Waals surface area (Å²) < 4.78 is 1.89. The van der Waals surface area contributed by atoms with Crippen molar-refractivity contribution < 1.29 is 0 Å². The molecule has 0 fully saturated rings. The molecule has 0 atom stereocenters. The van der Waals surface area contributed by atoms with E-state index >= 15 is 0 Å². The van der Waals surface area contributed by atoms with Gasteiger partial charge < -0.3 is 9.97 Å². The first-order valence-electron chi connectivity index (χ1n) is 3.79. The lowest BCUT2D eigenvalue weighted by Crippen LogP contribution is -1.76. The van der Waals surface area contributed by atoms with E-state index in [1.165, 1.54) is 3.57 Å². The smallest absolute Gasteiger partial charge is 0.174 e. The maximum Gasteiger partial charge on any atom is 0.174 e. The molecular weight excluding hydrogens is 295 g/mol. The van der Waals surface area contributed by atoms with Crippen LogP contribution in [0, 0.1) is 8.34 Å². The molecule has 1 aromatic carbocycles. The summed E-state index contributed by atoms with van der Waals surface area (Å²) in [5, 5.41) is 0. The third kappa shape index (κ3) is 2.00. The second-order valence-corrected chi connectivity index (χ2v) is 4.32. The van der Waals surface area contributed by atoms with Gasteiger partial charge in [-0.3, -0.25) is 0 Å². The summed E-state index contributed by atoms with van der Waals surface area (Å²) in [7, 11) is 0. The molecule has 2 N–H and O–H groups in total. The number of hydrogen-bond acceptors (Lipinski definition) is 1. The third-order valence-electron chi connectivity index (χ3n) is 1.75. The van der Waals surface area contributed by atoms with E-state index in [1.54, 1.807) is 0 Å². The van der Waals surface area contributed by atoms with Crippen LogP contribution in [0.1, 0.15) is 0 Å². The summed E-state index contributed by atoms with van der Waals surface area (Å²) in [5.41, 5.74) is 2.18. The van der Waals surface area contributed by atoms with Crippen molar-refractivity contribution in [3.05, 3.63) is 38.8 Å². The average Bonchev–Trinajstić information content (AvgIpc) is 2.53. The minimum atomic E-state index is 0.661. The van der Waals surface area contributed by atoms with Crippen LogP contribution < -0.4 is 0 Å². The van der Waals surface area contributed by atoms with Crippen LogP contribution in [0.15, 0.2) is 30.5 Å². The fourth-order valence-corrected chi connectivity index (χ4v) is 1.65. The van der Waals surface area contributed by atoms with Crippen molar-refractivity contribution in [3.63, 3.8) is 0 Å². The van der Waals surface area contributed by atoms with E-state index < -0.39 is 0 Å². The molecule has 0 saturated heterocycles. The molecule has 2 rings (SSSR count).